The molecule has 0 fully saturated rings. The van der Waals surface area contributed by atoms with Gasteiger partial charge in [-0.3, -0.25) is 9.69 Å². The van der Waals surface area contributed by atoms with Gasteiger partial charge in [0.2, 0.25) is 0 Å². The molecule has 1 heterocycles. The number of nitrogens with zero attached hydrogens (tertiary/aromatic N) is 1. The molecule has 2 aromatic carbocycles. The molecule has 118 valence electrons. The van der Waals surface area contributed by atoms with Gasteiger partial charge in [-0.05, 0) is 17.2 Å². The van der Waals surface area contributed by atoms with Crippen LogP contribution in [0.5, 0.6) is 0 Å². The zero-order valence-electron chi connectivity index (χ0n) is 12.4. The number of ketones is 1. The van der Waals surface area contributed by atoms with Crippen molar-refractivity contribution in [2.75, 3.05) is 10.2 Å². The Hall–Kier alpha value is -2.14. The van der Waals surface area contributed by atoms with Gasteiger partial charge in [-0.25, -0.2) is 4.79 Å². The van der Waals surface area contributed by atoms with Gasteiger partial charge in [0, 0.05) is 6.42 Å². The van der Waals surface area contributed by atoms with Crippen molar-refractivity contribution in [3.63, 3.8) is 0 Å². The molecule has 0 aliphatic carbocycles. The molecule has 0 spiro atoms. The topological polar surface area (TPSA) is 46.6 Å². The molecule has 1 unspecified atom stereocenters. The molecule has 3 rings (SSSR count). The molecular formula is C18H16BrNO3. The summed E-state index contributed by atoms with van der Waals surface area (Å²) in [7, 11) is 0. The SMILES string of the molecule is O=C(CBr)C1Cc2ccccc2N1C(=O)OCc1ccccc1. The molecule has 1 amide bonds. The molecule has 0 N–H and O–H groups in total. The number of anilines is 1. The lowest BCUT2D eigenvalue weighted by molar-refractivity contribution is -0.117. The highest BCUT2D eigenvalue weighted by molar-refractivity contribution is 9.09. The average Bonchev–Trinajstić information content (AvgIpc) is 2.99. The second kappa shape index (κ2) is 6.96. The van der Waals surface area contributed by atoms with Crippen molar-refractivity contribution in [1.82, 2.24) is 0 Å². The molecule has 5 heteroatoms. The van der Waals surface area contributed by atoms with Crippen molar-refractivity contribution in [2.45, 2.75) is 19.1 Å². The lowest BCUT2D eigenvalue weighted by Gasteiger charge is -2.23. The van der Waals surface area contributed by atoms with Crippen LogP contribution in [-0.2, 0) is 22.6 Å². The molecule has 2 aromatic rings. The number of benzene rings is 2. The summed E-state index contributed by atoms with van der Waals surface area (Å²) in [5.41, 5.74) is 2.66. The number of alkyl halides is 1. The van der Waals surface area contributed by atoms with Crippen molar-refractivity contribution < 1.29 is 14.3 Å². The zero-order valence-corrected chi connectivity index (χ0v) is 14.0. The lowest BCUT2D eigenvalue weighted by atomic mass is 10.1. The van der Waals surface area contributed by atoms with E-state index in [1.54, 1.807) is 0 Å². The Morgan fingerprint density at radius 3 is 2.52 bits per heavy atom. The predicted molar refractivity (Wildman–Crippen MR) is 91.8 cm³/mol. The third-order valence-electron chi connectivity index (χ3n) is 3.88. The van der Waals surface area contributed by atoms with Crippen LogP contribution in [0.15, 0.2) is 54.6 Å². The molecule has 0 saturated heterocycles. The van der Waals surface area contributed by atoms with Gasteiger partial charge < -0.3 is 4.74 Å². The van der Waals surface area contributed by atoms with Crippen LogP contribution in [-0.4, -0.2) is 23.2 Å². The summed E-state index contributed by atoms with van der Waals surface area (Å²) in [4.78, 5) is 26.2. The second-order valence-electron chi connectivity index (χ2n) is 5.36. The number of carbonyl (C=O) groups excluding carboxylic acids is 2. The van der Waals surface area contributed by atoms with Gasteiger partial charge in [0.05, 0.1) is 11.0 Å². The van der Waals surface area contributed by atoms with Crippen molar-refractivity contribution in [3.8, 4) is 0 Å². The standard InChI is InChI=1S/C18H16BrNO3/c19-11-17(21)16-10-14-8-4-5-9-15(14)20(16)18(22)23-12-13-6-2-1-3-7-13/h1-9,16H,10-12H2. The summed E-state index contributed by atoms with van der Waals surface area (Å²) in [6, 6.07) is 16.5. The Morgan fingerprint density at radius 1 is 1.09 bits per heavy atom. The minimum atomic E-state index is -0.505. The van der Waals surface area contributed by atoms with Crippen LogP contribution in [0.1, 0.15) is 11.1 Å². The third-order valence-corrected chi connectivity index (χ3v) is 4.43. The van der Waals surface area contributed by atoms with Gasteiger partial charge in [0.25, 0.3) is 0 Å². The lowest BCUT2D eigenvalue weighted by Crippen LogP contribution is -2.43. The number of hydrogen-bond acceptors (Lipinski definition) is 3. The second-order valence-corrected chi connectivity index (χ2v) is 5.92. The summed E-state index contributed by atoms with van der Waals surface area (Å²) >= 11 is 3.19. The summed E-state index contributed by atoms with van der Waals surface area (Å²) in [6.45, 7) is 0.188. The largest absolute Gasteiger partial charge is 0.444 e. The minimum absolute atomic E-state index is 0.0298. The van der Waals surface area contributed by atoms with E-state index in [9.17, 15) is 9.59 Å². The number of fused-ring (bicyclic) bond motifs is 1. The molecular weight excluding hydrogens is 358 g/mol. The van der Waals surface area contributed by atoms with Gasteiger partial charge >= 0.3 is 6.09 Å². The van der Waals surface area contributed by atoms with Crippen LogP contribution in [0.25, 0.3) is 0 Å². The van der Waals surface area contributed by atoms with Crippen LogP contribution in [0, 0.1) is 0 Å². The summed E-state index contributed by atoms with van der Waals surface area (Å²) < 4.78 is 5.41. The molecule has 0 bridgehead atoms. The number of ether oxygens (including phenoxy) is 1. The van der Waals surface area contributed by atoms with Crippen LogP contribution in [0.2, 0.25) is 0 Å². The Labute approximate surface area is 143 Å². The molecule has 1 atom stereocenters. The Morgan fingerprint density at radius 2 is 1.78 bits per heavy atom. The molecule has 0 radical (unpaired) electrons. The highest BCUT2D eigenvalue weighted by atomic mass is 79.9. The fourth-order valence-corrected chi connectivity index (χ4v) is 3.12. The van der Waals surface area contributed by atoms with Gasteiger partial charge in [-0.1, -0.05) is 64.5 Å². The number of halogens is 1. The van der Waals surface area contributed by atoms with Gasteiger partial charge in [-0.2, -0.15) is 0 Å². The minimum Gasteiger partial charge on any atom is -0.444 e. The van der Waals surface area contributed by atoms with E-state index in [-0.39, 0.29) is 17.7 Å². The molecule has 1 aliphatic rings. The summed E-state index contributed by atoms with van der Waals surface area (Å²) in [5, 5.41) is 0.216. The molecule has 1 aliphatic heterocycles. The van der Waals surface area contributed by atoms with Crippen molar-refractivity contribution in [2.24, 2.45) is 0 Å². The number of Topliss-reactive ketones (excluding diaryl/α,β-unsaturated/α-hetero) is 1. The molecule has 23 heavy (non-hydrogen) atoms. The van der Waals surface area contributed by atoms with E-state index in [1.165, 1.54) is 4.90 Å². The van der Waals surface area contributed by atoms with Crippen LogP contribution in [0.3, 0.4) is 0 Å². The van der Waals surface area contributed by atoms with Crippen LogP contribution >= 0.6 is 15.9 Å². The van der Waals surface area contributed by atoms with Crippen molar-refractivity contribution in [3.05, 3.63) is 65.7 Å². The first-order valence-electron chi connectivity index (χ1n) is 7.37. The van der Waals surface area contributed by atoms with E-state index in [2.05, 4.69) is 15.9 Å². The average molecular weight is 374 g/mol. The van der Waals surface area contributed by atoms with E-state index in [1.807, 2.05) is 54.6 Å². The van der Waals surface area contributed by atoms with E-state index in [0.717, 1.165) is 16.8 Å². The van der Waals surface area contributed by atoms with Crippen molar-refractivity contribution >= 4 is 33.5 Å². The zero-order chi connectivity index (χ0) is 16.2. The number of hydrogen-bond donors (Lipinski definition) is 0. The molecule has 0 saturated carbocycles. The highest BCUT2D eigenvalue weighted by Gasteiger charge is 2.38. The smallest absolute Gasteiger partial charge is 0.415 e. The van der Waals surface area contributed by atoms with Crippen LogP contribution in [0.4, 0.5) is 10.5 Å². The quantitative estimate of drug-likeness (QED) is 0.767. The first-order valence-corrected chi connectivity index (χ1v) is 8.49. The highest BCUT2D eigenvalue weighted by Crippen LogP contribution is 2.33. The van der Waals surface area contributed by atoms with Crippen LogP contribution < -0.4 is 4.90 Å². The fraction of sp³-hybridized carbons (Fsp3) is 0.222. The van der Waals surface area contributed by atoms with E-state index in [4.69, 9.17) is 4.74 Å². The van der Waals surface area contributed by atoms with Gasteiger partial charge in [-0.15, -0.1) is 0 Å². The first-order chi connectivity index (χ1) is 11.2. The Kier molecular flexibility index (Phi) is 4.76. The molecule has 0 aromatic heterocycles. The van der Waals surface area contributed by atoms with Gasteiger partial charge in [0.1, 0.15) is 12.6 Å². The number of amides is 1. The predicted octanol–water partition coefficient (Wildman–Crippen LogP) is 3.72. The van der Waals surface area contributed by atoms with Gasteiger partial charge in [0.15, 0.2) is 5.78 Å². The fourth-order valence-electron chi connectivity index (χ4n) is 2.75. The maximum Gasteiger partial charge on any atom is 0.415 e. The van der Waals surface area contributed by atoms with E-state index < -0.39 is 12.1 Å². The number of para-hydroxylation sites is 1. The summed E-state index contributed by atoms with van der Waals surface area (Å²) in [6.07, 6.45) is 0.0409. The Balaban J connectivity index is 1.79. The monoisotopic (exact) mass is 373 g/mol. The maximum atomic E-state index is 12.5. The molecule has 4 nitrogen and oxygen atoms in total. The number of carbonyl (C=O) groups is 2. The van der Waals surface area contributed by atoms with E-state index >= 15 is 0 Å². The number of rotatable bonds is 4. The maximum absolute atomic E-state index is 12.5. The van der Waals surface area contributed by atoms with E-state index in [0.29, 0.717) is 6.42 Å². The summed E-state index contributed by atoms with van der Waals surface area (Å²) in [5.74, 6) is -0.0298. The van der Waals surface area contributed by atoms with Crippen molar-refractivity contribution in [1.29, 1.82) is 0 Å². The first kappa shape index (κ1) is 15.7. The normalized spacial score (nSPS) is 16.0. The third kappa shape index (κ3) is 3.29. The Bertz CT molecular complexity index is 717.